The maximum absolute atomic E-state index is 12.2. The van der Waals surface area contributed by atoms with Crippen LogP contribution in [0.1, 0.15) is 5.56 Å². The van der Waals surface area contributed by atoms with Gasteiger partial charge in [0.25, 0.3) is 0 Å². The summed E-state index contributed by atoms with van der Waals surface area (Å²) in [4.78, 5) is 16.3. The van der Waals surface area contributed by atoms with Crippen molar-refractivity contribution in [2.75, 3.05) is 12.4 Å². The van der Waals surface area contributed by atoms with Crippen LogP contribution in [0, 0.1) is 0 Å². The topological polar surface area (TPSA) is 79.9 Å². The molecule has 0 saturated carbocycles. The summed E-state index contributed by atoms with van der Waals surface area (Å²) in [5.74, 6) is 1.26. The molecule has 0 atom stereocenters. The van der Waals surface area contributed by atoms with E-state index in [0.29, 0.717) is 17.3 Å². The quantitative estimate of drug-likeness (QED) is 0.759. The first-order valence-corrected chi connectivity index (χ1v) is 7.14. The number of methoxy groups -OCH3 is 1. The van der Waals surface area contributed by atoms with Gasteiger partial charge in [-0.25, -0.2) is 4.98 Å². The van der Waals surface area contributed by atoms with Gasteiger partial charge in [-0.2, -0.15) is 5.10 Å². The highest BCUT2D eigenvalue weighted by Gasteiger charge is 2.09. The molecule has 0 spiro atoms. The van der Waals surface area contributed by atoms with E-state index in [4.69, 9.17) is 4.74 Å². The van der Waals surface area contributed by atoms with Gasteiger partial charge in [0, 0.05) is 16.8 Å². The van der Waals surface area contributed by atoms with Crippen molar-refractivity contribution in [3.05, 3.63) is 60.4 Å². The lowest BCUT2D eigenvalue weighted by molar-refractivity contribution is -0.115. The Kier molecular flexibility index (Phi) is 4.33. The summed E-state index contributed by atoms with van der Waals surface area (Å²) in [5.41, 5.74) is 2.41. The molecular weight excluding hydrogens is 292 g/mol. The number of carbonyl (C=O) groups is 1. The highest BCUT2D eigenvalue weighted by molar-refractivity contribution is 5.93. The van der Waals surface area contributed by atoms with Crippen molar-refractivity contribution in [3.63, 3.8) is 0 Å². The summed E-state index contributed by atoms with van der Waals surface area (Å²) in [7, 11) is 1.59. The van der Waals surface area contributed by atoms with Crippen LogP contribution in [0.4, 0.5) is 5.69 Å². The molecule has 3 rings (SSSR count). The standard InChI is InChI=1S/C17H16N4O2/c1-23-15-8-3-2-5-12(15)10-16(22)20-14-7-4-6-13(9-14)17-18-11-19-21-17/h2-9,11H,10H2,1H3,(H,20,22)(H,18,19,21). The number of H-pyrrole nitrogens is 1. The van der Waals surface area contributed by atoms with Crippen molar-refractivity contribution in [1.29, 1.82) is 0 Å². The Morgan fingerprint density at radius 2 is 2.09 bits per heavy atom. The zero-order valence-corrected chi connectivity index (χ0v) is 12.6. The molecule has 0 aliphatic carbocycles. The van der Waals surface area contributed by atoms with Crippen molar-refractivity contribution < 1.29 is 9.53 Å². The Morgan fingerprint density at radius 3 is 2.87 bits per heavy atom. The monoisotopic (exact) mass is 308 g/mol. The lowest BCUT2D eigenvalue weighted by Gasteiger charge is -2.09. The van der Waals surface area contributed by atoms with E-state index >= 15 is 0 Å². The molecule has 23 heavy (non-hydrogen) atoms. The first kappa shape index (κ1) is 14.8. The number of para-hydroxylation sites is 1. The van der Waals surface area contributed by atoms with Gasteiger partial charge in [-0.15, -0.1) is 0 Å². The van der Waals surface area contributed by atoms with Crippen LogP contribution >= 0.6 is 0 Å². The van der Waals surface area contributed by atoms with Crippen molar-refractivity contribution in [1.82, 2.24) is 15.2 Å². The van der Waals surface area contributed by atoms with Gasteiger partial charge in [-0.1, -0.05) is 30.3 Å². The SMILES string of the molecule is COc1ccccc1CC(=O)Nc1cccc(-c2ncn[nH]2)c1. The highest BCUT2D eigenvalue weighted by atomic mass is 16.5. The first-order chi connectivity index (χ1) is 11.3. The zero-order chi connectivity index (χ0) is 16.1. The molecule has 1 amide bonds. The molecule has 0 fully saturated rings. The molecule has 6 nitrogen and oxygen atoms in total. The van der Waals surface area contributed by atoms with Gasteiger partial charge < -0.3 is 10.1 Å². The van der Waals surface area contributed by atoms with Crippen molar-refractivity contribution in [2.24, 2.45) is 0 Å². The number of nitrogens with one attached hydrogen (secondary N) is 2. The summed E-state index contributed by atoms with van der Waals surface area (Å²) in [5, 5.41) is 9.51. The van der Waals surface area contributed by atoms with E-state index in [1.807, 2.05) is 48.5 Å². The van der Waals surface area contributed by atoms with E-state index in [1.54, 1.807) is 7.11 Å². The molecule has 1 aromatic heterocycles. The molecule has 1 heterocycles. The lowest BCUT2D eigenvalue weighted by atomic mass is 10.1. The first-order valence-electron chi connectivity index (χ1n) is 7.14. The molecule has 3 aromatic rings. The summed E-state index contributed by atoms with van der Waals surface area (Å²) in [6.45, 7) is 0. The number of nitrogens with zero attached hydrogens (tertiary/aromatic N) is 2. The fourth-order valence-corrected chi connectivity index (χ4v) is 2.32. The molecule has 0 aliphatic rings. The Bertz CT molecular complexity index is 800. The van der Waals surface area contributed by atoms with E-state index in [0.717, 1.165) is 11.1 Å². The van der Waals surface area contributed by atoms with Crippen LogP contribution in [0.25, 0.3) is 11.4 Å². The summed E-state index contributed by atoms with van der Waals surface area (Å²) in [6, 6.07) is 14.9. The number of carbonyl (C=O) groups excluding carboxylic acids is 1. The summed E-state index contributed by atoms with van der Waals surface area (Å²) in [6.07, 6.45) is 1.69. The van der Waals surface area contributed by atoms with Gasteiger partial charge >= 0.3 is 0 Å². The molecule has 6 heteroatoms. The number of rotatable bonds is 5. The van der Waals surface area contributed by atoms with Gasteiger partial charge in [-0.3, -0.25) is 9.89 Å². The second kappa shape index (κ2) is 6.74. The number of ether oxygens (including phenoxy) is 1. The molecule has 116 valence electrons. The number of amides is 1. The zero-order valence-electron chi connectivity index (χ0n) is 12.6. The number of hydrogen-bond acceptors (Lipinski definition) is 4. The normalized spacial score (nSPS) is 10.3. The Hall–Kier alpha value is -3.15. The number of benzene rings is 2. The molecule has 2 aromatic carbocycles. The molecular formula is C17H16N4O2. The Labute approximate surface area is 133 Å². The van der Waals surface area contributed by atoms with Crippen LogP contribution in [-0.4, -0.2) is 28.2 Å². The number of anilines is 1. The fourth-order valence-electron chi connectivity index (χ4n) is 2.32. The highest BCUT2D eigenvalue weighted by Crippen LogP contribution is 2.20. The number of aromatic amines is 1. The second-order valence-corrected chi connectivity index (χ2v) is 4.95. The minimum atomic E-state index is -0.107. The Balaban J connectivity index is 1.72. The van der Waals surface area contributed by atoms with Crippen molar-refractivity contribution in [3.8, 4) is 17.1 Å². The summed E-state index contributed by atoms with van der Waals surface area (Å²) >= 11 is 0. The fraction of sp³-hybridized carbons (Fsp3) is 0.118. The average molecular weight is 308 g/mol. The molecule has 0 bridgehead atoms. The third kappa shape index (κ3) is 3.55. The van der Waals surface area contributed by atoms with Gasteiger partial charge in [0.1, 0.15) is 12.1 Å². The van der Waals surface area contributed by atoms with Crippen LogP contribution in [0.3, 0.4) is 0 Å². The number of aromatic nitrogens is 3. The van der Waals surface area contributed by atoms with Crippen LogP contribution < -0.4 is 10.1 Å². The van der Waals surface area contributed by atoms with Crippen molar-refractivity contribution >= 4 is 11.6 Å². The predicted octanol–water partition coefficient (Wildman–Crippen LogP) is 2.66. The smallest absolute Gasteiger partial charge is 0.228 e. The van der Waals surface area contributed by atoms with Gasteiger partial charge in [-0.05, 0) is 18.2 Å². The van der Waals surface area contributed by atoms with Crippen molar-refractivity contribution in [2.45, 2.75) is 6.42 Å². The van der Waals surface area contributed by atoms with E-state index in [2.05, 4.69) is 20.5 Å². The van der Waals surface area contributed by atoms with Gasteiger partial charge in [0.2, 0.25) is 5.91 Å². The maximum Gasteiger partial charge on any atom is 0.228 e. The van der Waals surface area contributed by atoms with E-state index < -0.39 is 0 Å². The molecule has 0 radical (unpaired) electrons. The molecule has 2 N–H and O–H groups in total. The molecule has 0 aliphatic heterocycles. The molecule has 0 unspecified atom stereocenters. The van der Waals surface area contributed by atoms with Gasteiger partial charge in [0.15, 0.2) is 5.82 Å². The predicted molar refractivity (Wildman–Crippen MR) is 87.1 cm³/mol. The summed E-state index contributed by atoms with van der Waals surface area (Å²) < 4.78 is 5.27. The minimum absolute atomic E-state index is 0.107. The average Bonchev–Trinajstić information content (AvgIpc) is 3.10. The van der Waals surface area contributed by atoms with Crippen LogP contribution in [0.15, 0.2) is 54.9 Å². The third-order valence-corrected chi connectivity index (χ3v) is 3.38. The molecule has 0 saturated heterocycles. The second-order valence-electron chi connectivity index (χ2n) is 4.95. The van der Waals surface area contributed by atoms with E-state index in [9.17, 15) is 4.79 Å². The Morgan fingerprint density at radius 1 is 1.22 bits per heavy atom. The van der Waals surface area contributed by atoms with Crippen LogP contribution in [-0.2, 0) is 11.2 Å². The van der Waals surface area contributed by atoms with E-state index in [-0.39, 0.29) is 12.3 Å². The van der Waals surface area contributed by atoms with Gasteiger partial charge in [0.05, 0.1) is 13.5 Å². The van der Waals surface area contributed by atoms with E-state index in [1.165, 1.54) is 6.33 Å². The van der Waals surface area contributed by atoms with Crippen LogP contribution in [0.5, 0.6) is 5.75 Å². The number of hydrogen-bond donors (Lipinski definition) is 2. The maximum atomic E-state index is 12.2. The largest absolute Gasteiger partial charge is 0.496 e. The van der Waals surface area contributed by atoms with Crippen LogP contribution in [0.2, 0.25) is 0 Å². The third-order valence-electron chi connectivity index (χ3n) is 3.38. The lowest BCUT2D eigenvalue weighted by Crippen LogP contribution is -2.14. The minimum Gasteiger partial charge on any atom is -0.496 e.